The zero-order valence-electron chi connectivity index (χ0n) is 8.87. The fraction of sp³-hybridized carbons (Fsp3) is 0. The van der Waals surface area contributed by atoms with Gasteiger partial charge in [-0.15, -0.1) is 0 Å². The Morgan fingerprint density at radius 1 is 0.882 bits per heavy atom. The molecular weight excluding hydrogens is 238 g/mol. The summed E-state index contributed by atoms with van der Waals surface area (Å²) in [5, 5.41) is 0. The summed E-state index contributed by atoms with van der Waals surface area (Å²) in [6.07, 6.45) is 0. The molecule has 88 valence electrons. The molecule has 0 amide bonds. The normalized spacial score (nSPS) is 11.4. The predicted molar refractivity (Wildman–Crippen MR) is 66.1 cm³/mol. The SMILES string of the molecule is Nc1ccccc1-c1ccccc1S(=O)(=O)O. The van der Waals surface area contributed by atoms with Crippen LogP contribution in [-0.2, 0) is 10.1 Å². The zero-order chi connectivity index (χ0) is 12.5. The third kappa shape index (κ3) is 2.30. The predicted octanol–water partition coefficient (Wildman–Crippen LogP) is 2.18. The maximum Gasteiger partial charge on any atom is 0.295 e. The second-order valence-corrected chi connectivity index (χ2v) is 4.95. The highest BCUT2D eigenvalue weighted by molar-refractivity contribution is 7.86. The molecule has 0 radical (unpaired) electrons. The summed E-state index contributed by atoms with van der Waals surface area (Å²) in [5.74, 6) is 0. The first-order valence-electron chi connectivity index (χ1n) is 4.91. The van der Waals surface area contributed by atoms with Crippen molar-refractivity contribution in [1.29, 1.82) is 0 Å². The van der Waals surface area contributed by atoms with E-state index in [0.29, 0.717) is 16.8 Å². The molecule has 17 heavy (non-hydrogen) atoms. The second-order valence-electron chi connectivity index (χ2n) is 3.56. The van der Waals surface area contributed by atoms with Crippen LogP contribution in [0, 0.1) is 0 Å². The standard InChI is InChI=1S/C12H11NO3S/c13-11-7-3-1-5-9(11)10-6-2-4-8-12(10)17(14,15)16/h1-8H,13H2,(H,14,15,16). The number of para-hydroxylation sites is 1. The molecule has 2 aromatic rings. The van der Waals surface area contributed by atoms with Crippen LogP contribution in [-0.4, -0.2) is 13.0 Å². The lowest BCUT2D eigenvalue weighted by atomic mass is 10.0. The topological polar surface area (TPSA) is 80.4 Å². The van der Waals surface area contributed by atoms with Crippen LogP contribution in [0.5, 0.6) is 0 Å². The van der Waals surface area contributed by atoms with Crippen LogP contribution in [0.25, 0.3) is 11.1 Å². The third-order valence-corrected chi connectivity index (χ3v) is 3.33. The quantitative estimate of drug-likeness (QED) is 0.631. The van der Waals surface area contributed by atoms with Gasteiger partial charge in [-0.05, 0) is 12.1 Å². The molecule has 0 unspecified atom stereocenters. The van der Waals surface area contributed by atoms with E-state index in [0.717, 1.165) is 0 Å². The minimum atomic E-state index is -4.25. The molecule has 3 N–H and O–H groups in total. The van der Waals surface area contributed by atoms with Gasteiger partial charge in [-0.2, -0.15) is 8.42 Å². The van der Waals surface area contributed by atoms with Crippen LogP contribution in [0.15, 0.2) is 53.4 Å². The fourth-order valence-corrected chi connectivity index (χ4v) is 2.36. The van der Waals surface area contributed by atoms with Crippen LogP contribution in [0.1, 0.15) is 0 Å². The van der Waals surface area contributed by atoms with Crippen molar-refractivity contribution >= 4 is 15.8 Å². The highest BCUT2D eigenvalue weighted by Crippen LogP contribution is 2.30. The Morgan fingerprint density at radius 2 is 1.41 bits per heavy atom. The van der Waals surface area contributed by atoms with E-state index in [4.69, 9.17) is 10.3 Å². The molecule has 4 nitrogen and oxygen atoms in total. The molecule has 0 atom stereocenters. The molecule has 0 saturated heterocycles. The van der Waals surface area contributed by atoms with Gasteiger partial charge >= 0.3 is 0 Å². The van der Waals surface area contributed by atoms with Crippen molar-refractivity contribution in [2.45, 2.75) is 4.90 Å². The molecule has 0 saturated carbocycles. The third-order valence-electron chi connectivity index (χ3n) is 2.42. The molecule has 2 aromatic carbocycles. The fourth-order valence-electron chi connectivity index (χ4n) is 1.66. The minimum Gasteiger partial charge on any atom is -0.398 e. The lowest BCUT2D eigenvalue weighted by molar-refractivity contribution is 0.483. The Balaban J connectivity index is 2.74. The Labute approximate surface area is 99.5 Å². The average Bonchev–Trinajstić information content (AvgIpc) is 2.28. The Bertz CT molecular complexity index is 650. The van der Waals surface area contributed by atoms with E-state index < -0.39 is 10.1 Å². The van der Waals surface area contributed by atoms with Crippen molar-refractivity contribution in [3.8, 4) is 11.1 Å². The number of anilines is 1. The van der Waals surface area contributed by atoms with E-state index >= 15 is 0 Å². The summed E-state index contributed by atoms with van der Waals surface area (Å²) in [6.45, 7) is 0. The monoisotopic (exact) mass is 249 g/mol. The first-order chi connectivity index (χ1) is 8.00. The number of rotatable bonds is 2. The van der Waals surface area contributed by atoms with E-state index in [9.17, 15) is 8.42 Å². The highest BCUT2D eigenvalue weighted by Gasteiger charge is 2.16. The largest absolute Gasteiger partial charge is 0.398 e. The average molecular weight is 249 g/mol. The van der Waals surface area contributed by atoms with Gasteiger partial charge in [-0.25, -0.2) is 0 Å². The lowest BCUT2D eigenvalue weighted by Crippen LogP contribution is -2.01. The van der Waals surface area contributed by atoms with E-state index in [1.807, 2.05) is 0 Å². The van der Waals surface area contributed by atoms with Gasteiger partial charge in [0.1, 0.15) is 4.90 Å². The molecule has 0 fully saturated rings. The van der Waals surface area contributed by atoms with Gasteiger partial charge in [0, 0.05) is 16.8 Å². The number of hydrogen-bond donors (Lipinski definition) is 2. The summed E-state index contributed by atoms with van der Waals surface area (Å²) >= 11 is 0. The maximum atomic E-state index is 11.3. The molecular formula is C12H11NO3S. The van der Waals surface area contributed by atoms with Crippen LogP contribution in [0.3, 0.4) is 0 Å². The summed E-state index contributed by atoms with van der Waals surface area (Å²) in [5.41, 5.74) is 7.23. The molecule has 0 aromatic heterocycles. The van der Waals surface area contributed by atoms with Gasteiger partial charge in [0.2, 0.25) is 0 Å². The maximum absolute atomic E-state index is 11.3. The summed E-state index contributed by atoms with van der Waals surface area (Å²) in [7, 11) is -4.25. The van der Waals surface area contributed by atoms with Gasteiger partial charge in [0.25, 0.3) is 10.1 Å². The Kier molecular flexibility index (Phi) is 2.87. The van der Waals surface area contributed by atoms with E-state index in [2.05, 4.69) is 0 Å². The van der Waals surface area contributed by atoms with Gasteiger partial charge < -0.3 is 5.73 Å². The number of nitrogen functional groups attached to an aromatic ring is 1. The molecule has 0 heterocycles. The van der Waals surface area contributed by atoms with Gasteiger partial charge in [-0.1, -0.05) is 36.4 Å². The first kappa shape index (κ1) is 11.6. The van der Waals surface area contributed by atoms with Gasteiger partial charge in [0.15, 0.2) is 0 Å². The van der Waals surface area contributed by atoms with Crippen molar-refractivity contribution in [2.24, 2.45) is 0 Å². The number of nitrogens with two attached hydrogens (primary N) is 1. The van der Waals surface area contributed by atoms with Crippen molar-refractivity contribution in [1.82, 2.24) is 0 Å². The van der Waals surface area contributed by atoms with E-state index in [1.165, 1.54) is 6.07 Å². The molecule has 0 bridgehead atoms. The first-order valence-corrected chi connectivity index (χ1v) is 6.35. The number of benzene rings is 2. The molecule has 0 spiro atoms. The van der Waals surface area contributed by atoms with E-state index in [1.54, 1.807) is 42.5 Å². The number of hydrogen-bond acceptors (Lipinski definition) is 3. The molecule has 0 aliphatic rings. The van der Waals surface area contributed by atoms with Crippen molar-refractivity contribution in [2.75, 3.05) is 5.73 Å². The Morgan fingerprint density at radius 3 is 2.00 bits per heavy atom. The van der Waals surface area contributed by atoms with Gasteiger partial charge in [0.05, 0.1) is 0 Å². The molecule has 2 rings (SSSR count). The van der Waals surface area contributed by atoms with Crippen LogP contribution >= 0.6 is 0 Å². The van der Waals surface area contributed by atoms with Crippen LogP contribution in [0.2, 0.25) is 0 Å². The van der Waals surface area contributed by atoms with Crippen molar-refractivity contribution < 1.29 is 13.0 Å². The van der Waals surface area contributed by atoms with Crippen LogP contribution < -0.4 is 5.73 Å². The minimum absolute atomic E-state index is 0.141. The Hall–Kier alpha value is -1.85. The summed E-state index contributed by atoms with van der Waals surface area (Å²) in [4.78, 5) is -0.141. The highest BCUT2D eigenvalue weighted by atomic mass is 32.2. The summed E-state index contributed by atoms with van der Waals surface area (Å²) in [6, 6.07) is 13.1. The second kappa shape index (κ2) is 4.20. The smallest absolute Gasteiger partial charge is 0.295 e. The van der Waals surface area contributed by atoms with Crippen molar-refractivity contribution in [3.05, 3.63) is 48.5 Å². The molecule has 0 aliphatic heterocycles. The zero-order valence-corrected chi connectivity index (χ0v) is 9.68. The molecule has 0 aliphatic carbocycles. The summed E-state index contributed by atoms with van der Waals surface area (Å²) < 4.78 is 31.7. The van der Waals surface area contributed by atoms with Crippen LogP contribution in [0.4, 0.5) is 5.69 Å². The lowest BCUT2D eigenvalue weighted by Gasteiger charge is -2.09. The van der Waals surface area contributed by atoms with Gasteiger partial charge in [-0.3, -0.25) is 4.55 Å². The van der Waals surface area contributed by atoms with Crippen molar-refractivity contribution in [3.63, 3.8) is 0 Å². The molecule has 5 heteroatoms. The van der Waals surface area contributed by atoms with E-state index in [-0.39, 0.29) is 4.90 Å².